The molecule has 0 amide bonds. The van der Waals surface area contributed by atoms with Gasteiger partial charge in [-0.3, -0.25) is 4.79 Å². The molecule has 0 aliphatic heterocycles. The lowest BCUT2D eigenvalue weighted by Gasteiger charge is -2.02. The predicted molar refractivity (Wildman–Crippen MR) is 85.9 cm³/mol. The molecule has 0 aliphatic carbocycles. The Hall–Kier alpha value is -2.73. The second-order valence-corrected chi connectivity index (χ2v) is 5.89. The number of oxazole rings is 1. The minimum absolute atomic E-state index is 0.207. The molecule has 5 nitrogen and oxygen atoms in total. The van der Waals surface area contributed by atoms with Gasteiger partial charge in [-0.1, -0.05) is 12.1 Å². The zero-order valence-electron chi connectivity index (χ0n) is 11.7. The van der Waals surface area contributed by atoms with Crippen molar-refractivity contribution in [3.63, 3.8) is 0 Å². The fraction of sp³-hybridized carbons (Fsp3) is 0.0625. The van der Waals surface area contributed by atoms with E-state index in [2.05, 4.69) is 15.2 Å². The van der Waals surface area contributed by atoms with Crippen LogP contribution in [0.25, 0.3) is 33.1 Å². The maximum Gasteiger partial charge on any atom is 0.264 e. The molecule has 0 unspecified atom stereocenters. The average Bonchev–Trinajstić information content (AvgIpc) is 3.15. The van der Waals surface area contributed by atoms with Crippen molar-refractivity contribution >= 4 is 22.4 Å². The third-order valence-electron chi connectivity index (χ3n) is 3.39. The number of benzene rings is 1. The summed E-state index contributed by atoms with van der Waals surface area (Å²) in [6.45, 7) is 1.86. The summed E-state index contributed by atoms with van der Waals surface area (Å²) in [5, 5.41) is 8.57. The molecule has 4 rings (SSSR count). The minimum Gasteiger partial charge on any atom is -0.435 e. The van der Waals surface area contributed by atoms with Crippen LogP contribution in [0.3, 0.4) is 0 Å². The van der Waals surface area contributed by atoms with Crippen LogP contribution < -0.4 is 5.56 Å². The fourth-order valence-corrected chi connectivity index (χ4v) is 3.02. The molecule has 6 heteroatoms. The number of hydrogen-bond acceptors (Lipinski definition) is 5. The lowest BCUT2D eigenvalue weighted by molar-refractivity contribution is 0.622. The summed E-state index contributed by atoms with van der Waals surface area (Å²) in [6.07, 6.45) is 0. The molecule has 0 atom stereocenters. The molecule has 3 heterocycles. The lowest BCUT2D eigenvalue weighted by atomic mass is 10.1. The van der Waals surface area contributed by atoms with Crippen LogP contribution in [0.1, 0.15) is 5.56 Å². The molecule has 3 aromatic heterocycles. The number of aromatic nitrogens is 3. The number of hydrogen-bond donors (Lipinski definition) is 1. The van der Waals surface area contributed by atoms with Gasteiger partial charge in [-0.15, -0.1) is 11.3 Å². The van der Waals surface area contributed by atoms with Crippen molar-refractivity contribution in [3.8, 4) is 22.0 Å². The molecule has 1 aromatic carbocycles. The van der Waals surface area contributed by atoms with Crippen molar-refractivity contribution in [2.75, 3.05) is 0 Å². The zero-order chi connectivity index (χ0) is 15.1. The van der Waals surface area contributed by atoms with Gasteiger partial charge in [0, 0.05) is 11.6 Å². The Morgan fingerprint density at radius 1 is 1.23 bits per heavy atom. The number of fused-ring (bicyclic) bond motifs is 1. The Morgan fingerprint density at radius 3 is 2.91 bits per heavy atom. The molecule has 4 aromatic rings. The highest BCUT2D eigenvalue weighted by Gasteiger charge is 2.11. The first-order valence-corrected chi connectivity index (χ1v) is 7.60. The first-order chi connectivity index (χ1) is 10.7. The molecule has 0 bridgehead atoms. The number of H-pyrrole nitrogens is 1. The number of thiophene rings is 1. The van der Waals surface area contributed by atoms with E-state index >= 15 is 0 Å². The van der Waals surface area contributed by atoms with E-state index < -0.39 is 0 Å². The smallest absolute Gasteiger partial charge is 0.264 e. The molecular formula is C16H11N3O2S. The van der Waals surface area contributed by atoms with Gasteiger partial charge in [0.05, 0.1) is 10.6 Å². The highest BCUT2D eigenvalue weighted by molar-refractivity contribution is 7.13. The van der Waals surface area contributed by atoms with Crippen molar-refractivity contribution in [3.05, 3.63) is 57.7 Å². The van der Waals surface area contributed by atoms with E-state index in [9.17, 15) is 4.79 Å². The van der Waals surface area contributed by atoms with Crippen LogP contribution >= 0.6 is 11.3 Å². The second-order valence-electron chi connectivity index (χ2n) is 4.94. The van der Waals surface area contributed by atoms with Crippen LogP contribution in [0.4, 0.5) is 0 Å². The monoisotopic (exact) mass is 309 g/mol. The van der Waals surface area contributed by atoms with Gasteiger partial charge in [0.1, 0.15) is 5.52 Å². The topological polar surface area (TPSA) is 71.8 Å². The van der Waals surface area contributed by atoms with Crippen LogP contribution in [0.5, 0.6) is 0 Å². The van der Waals surface area contributed by atoms with Gasteiger partial charge in [-0.2, -0.15) is 5.10 Å². The van der Waals surface area contributed by atoms with Crippen molar-refractivity contribution in [1.82, 2.24) is 15.2 Å². The molecule has 0 saturated heterocycles. The number of nitrogens with zero attached hydrogens (tertiary/aromatic N) is 2. The molecule has 0 radical (unpaired) electrons. The second kappa shape index (κ2) is 4.92. The summed E-state index contributed by atoms with van der Waals surface area (Å²) in [6, 6.07) is 11.2. The number of rotatable bonds is 2. The summed E-state index contributed by atoms with van der Waals surface area (Å²) in [4.78, 5) is 16.8. The molecule has 22 heavy (non-hydrogen) atoms. The lowest BCUT2D eigenvalue weighted by Crippen LogP contribution is -2.08. The predicted octanol–water partition coefficient (Wildman–Crippen LogP) is 3.62. The van der Waals surface area contributed by atoms with Crippen molar-refractivity contribution in [2.45, 2.75) is 6.92 Å². The van der Waals surface area contributed by atoms with E-state index in [-0.39, 0.29) is 5.56 Å². The number of nitrogens with one attached hydrogen (secondary N) is 1. The van der Waals surface area contributed by atoms with E-state index in [0.29, 0.717) is 11.5 Å². The van der Waals surface area contributed by atoms with Crippen LogP contribution in [-0.2, 0) is 0 Å². The SMILES string of the molecule is Cc1cc(=O)[nH]nc1-c1ccc2nc(-c3cccs3)oc2c1. The normalized spacial score (nSPS) is 11.1. The maximum atomic E-state index is 11.3. The van der Waals surface area contributed by atoms with Crippen molar-refractivity contribution in [2.24, 2.45) is 0 Å². The van der Waals surface area contributed by atoms with Gasteiger partial charge < -0.3 is 4.42 Å². The highest BCUT2D eigenvalue weighted by atomic mass is 32.1. The Kier molecular flexibility index (Phi) is 2.90. The molecule has 108 valence electrons. The molecule has 0 spiro atoms. The first kappa shape index (κ1) is 13.0. The van der Waals surface area contributed by atoms with Crippen molar-refractivity contribution < 1.29 is 4.42 Å². The van der Waals surface area contributed by atoms with E-state index in [1.54, 1.807) is 11.3 Å². The van der Waals surface area contributed by atoms with E-state index in [4.69, 9.17) is 4.42 Å². The molecule has 0 fully saturated rings. The average molecular weight is 309 g/mol. The summed E-state index contributed by atoms with van der Waals surface area (Å²) < 4.78 is 5.84. The third kappa shape index (κ3) is 2.14. The number of aryl methyl sites for hydroxylation is 1. The standard InChI is InChI=1S/C16H11N3O2S/c1-9-7-14(20)18-19-15(9)10-4-5-11-12(8-10)21-16(17-11)13-3-2-6-22-13/h2-8H,1H3,(H,18,20). The van der Waals surface area contributed by atoms with Gasteiger partial charge in [-0.25, -0.2) is 10.1 Å². The highest BCUT2D eigenvalue weighted by Crippen LogP contribution is 2.30. The Labute approximate surface area is 129 Å². The zero-order valence-corrected chi connectivity index (χ0v) is 12.5. The summed E-state index contributed by atoms with van der Waals surface area (Å²) in [5.41, 5.74) is 3.73. The minimum atomic E-state index is -0.207. The Morgan fingerprint density at radius 2 is 2.14 bits per heavy atom. The van der Waals surface area contributed by atoms with Crippen molar-refractivity contribution in [1.29, 1.82) is 0 Å². The van der Waals surface area contributed by atoms with Crippen LogP contribution in [0.15, 0.2) is 51.0 Å². The summed E-state index contributed by atoms with van der Waals surface area (Å²) >= 11 is 1.59. The van der Waals surface area contributed by atoms with E-state index in [0.717, 1.165) is 27.2 Å². The number of aromatic amines is 1. The molecule has 0 aliphatic rings. The summed E-state index contributed by atoms with van der Waals surface area (Å²) in [7, 11) is 0. The van der Waals surface area contributed by atoms with E-state index in [1.807, 2.05) is 42.6 Å². The largest absolute Gasteiger partial charge is 0.435 e. The molecular weight excluding hydrogens is 298 g/mol. The summed E-state index contributed by atoms with van der Waals surface area (Å²) in [5.74, 6) is 0.619. The van der Waals surface area contributed by atoms with Gasteiger partial charge in [0.25, 0.3) is 5.56 Å². The van der Waals surface area contributed by atoms with E-state index in [1.165, 1.54) is 6.07 Å². The molecule has 0 saturated carbocycles. The molecule has 1 N–H and O–H groups in total. The van der Waals surface area contributed by atoms with Crippen LogP contribution in [0.2, 0.25) is 0 Å². The quantitative estimate of drug-likeness (QED) is 0.614. The van der Waals surface area contributed by atoms with Gasteiger partial charge in [0.15, 0.2) is 5.58 Å². The first-order valence-electron chi connectivity index (χ1n) is 6.72. The maximum absolute atomic E-state index is 11.3. The van der Waals surface area contributed by atoms with Gasteiger partial charge >= 0.3 is 0 Å². The third-order valence-corrected chi connectivity index (χ3v) is 4.25. The van der Waals surface area contributed by atoms with Crippen LogP contribution in [-0.4, -0.2) is 15.2 Å². The van der Waals surface area contributed by atoms with Gasteiger partial charge in [-0.05, 0) is 36.1 Å². The Bertz CT molecular complexity index is 1020. The van der Waals surface area contributed by atoms with Gasteiger partial charge in [0.2, 0.25) is 5.89 Å². The fourth-order valence-electron chi connectivity index (χ4n) is 2.37. The van der Waals surface area contributed by atoms with Crippen LogP contribution in [0, 0.1) is 6.92 Å². The Balaban J connectivity index is 1.85.